The Hall–Kier alpha value is -3.42. The van der Waals surface area contributed by atoms with Crippen LogP contribution in [0.4, 0.5) is 16.2 Å². The van der Waals surface area contributed by atoms with Gasteiger partial charge in [0.15, 0.2) is 0 Å². The van der Waals surface area contributed by atoms with Crippen LogP contribution in [0.3, 0.4) is 0 Å². The number of nitro groups is 1. The molecule has 0 unspecified atom stereocenters. The fourth-order valence-electron chi connectivity index (χ4n) is 2.91. The van der Waals surface area contributed by atoms with Gasteiger partial charge in [0.05, 0.1) is 4.92 Å². The summed E-state index contributed by atoms with van der Waals surface area (Å²) in [6.07, 6.45) is 0.236. The van der Waals surface area contributed by atoms with Gasteiger partial charge in [0.1, 0.15) is 5.75 Å². The molecule has 0 saturated carbocycles. The molecule has 0 fully saturated rings. The van der Waals surface area contributed by atoms with Gasteiger partial charge < -0.3 is 14.5 Å². The molecule has 3 rings (SSSR count). The van der Waals surface area contributed by atoms with Gasteiger partial charge in [0, 0.05) is 44.4 Å². The van der Waals surface area contributed by atoms with Crippen molar-refractivity contribution >= 4 is 23.4 Å². The molecule has 0 aromatic heterocycles. The van der Waals surface area contributed by atoms with Crippen molar-refractivity contribution in [3.8, 4) is 5.75 Å². The van der Waals surface area contributed by atoms with E-state index in [-0.39, 0.29) is 31.1 Å². The van der Waals surface area contributed by atoms with E-state index in [0.717, 1.165) is 5.56 Å². The molecule has 8 heteroatoms. The first-order chi connectivity index (χ1) is 13.0. The zero-order chi connectivity index (χ0) is 19.4. The minimum atomic E-state index is -0.519. The van der Waals surface area contributed by atoms with Gasteiger partial charge >= 0.3 is 6.09 Å². The van der Waals surface area contributed by atoms with Gasteiger partial charge in [-0.3, -0.25) is 14.9 Å². The highest BCUT2D eigenvalue weighted by Gasteiger charge is 2.26. The number of anilines is 1. The average Bonchev–Trinajstić information content (AvgIpc) is 2.67. The molecule has 0 spiro atoms. The molecule has 2 aromatic carbocycles. The maximum atomic E-state index is 12.3. The van der Waals surface area contributed by atoms with Crippen molar-refractivity contribution in [3.63, 3.8) is 0 Å². The molecule has 0 radical (unpaired) electrons. The van der Waals surface area contributed by atoms with Crippen LogP contribution >= 0.6 is 0 Å². The number of aryl methyl sites for hydroxylation is 1. The lowest BCUT2D eigenvalue weighted by Gasteiger charge is -2.30. The second-order valence-electron chi connectivity index (χ2n) is 6.22. The molecule has 0 N–H and O–H groups in total. The first-order valence-corrected chi connectivity index (χ1v) is 8.51. The lowest BCUT2D eigenvalue weighted by molar-refractivity contribution is -0.384. The van der Waals surface area contributed by atoms with Gasteiger partial charge in [-0.15, -0.1) is 0 Å². The van der Waals surface area contributed by atoms with E-state index in [9.17, 15) is 19.7 Å². The number of ether oxygens (including phenoxy) is 1. The normalized spacial score (nSPS) is 13.1. The third-order valence-corrected chi connectivity index (χ3v) is 4.39. The van der Waals surface area contributed by atoms with E-state index in [1.165, 1.54) is 17.0 Å². The summed E-state index contributed by atoms with van der Waals surface area (Å²) in [5.41, 5.74) is 1.42. The molecule has 27 heavy (non-hydrogen) atoms. The molecule has 0 atom stereocenters. The molecule has 140 valence electrons. The van der Waals surface area contributed by atoms with E-state index in [2.05, 4.69) is 0 Å². The van der Waals surface area contributed by atoms with Crippen LogP contribution in [0, 0.1) is 10.1 Å². The molecular formula is C19H19N3O5. The third kappa shape index (κ3) is 4.22. The van der Waals surface area contributed by atoms with Crippen molar-refractivity contribution in [1.29, 1.82) is 0 Å². The van der Waals surface area contributed by atoms with Gasteiger partial charge in [-0.2, -0.15) is 0 Å². The van der Waals surface area contributed by atoms with E-state index in [0.29, 0.717) is 17.9 Å². The predicted octanol–water partition coefficient (Wildman–Crippen LogP) is 3.00. The first kappa shape index (κ1) is 18.4. The zero-order valence-corrected chi connectivity index (χ0v) is 14.8. The molecule has 1 aliphatic rings. The van der Waals surface area contributed by atoms with E-state index in [1.54, 1.807) is 42.3 Å². The smallest absolute Gasteiger partial charge is 0.410 e. The lowest BCUT2D eigenvalue weighted by atomic mass is 10.0. The number of carbonyl (C=O) groups excluding carboxylic acids is 2. The van der Waals surface area contributed by atoms with Gasteiger partial charge in [0.2, 0.25) is 5.91 Å². The van der Waals surface area contributed by atoms with Crippen LogP contribution in [0.2, 0.25) is 0 Å². The van der Waals surface area contributed by atoms with E-state index in [4.69, 9.17) is 4.74 Å². The van der Waals surface area contributed by atoms with Crippen molar-refractivity contribution in [2.24, 2.45) is 0 Å². The van der Waals surface area contributed by atoms with E-state index >= 15 is 0 Å². The predicted molar refractivity (Wildman–Crippen MR) is 98.9 cm³/mol. The minimum Gasteiger partial charge on any atom is -0.410 e. The second-order valence-corrected chi connectivity index (χ2v) is 6.22. The first-order valence-electron chi connectivity index (χ1n) is 8.51. The summed E-state index contributed by atoms with van der Waals surface area (Å²) in [6, 6.07) is 13.2. The molecule has 1 heterocycles. The van der Waals surface area contributed by atoms with Crippen LogP contribution in [0.25, 0.3) is 0 Å². The van der Waals surface area contributed by atoms with Crippen molar-refractivity contribution in [2.75, 3.05) is 25.0 Å². The third-order valence-electron chi connectivity index (χ3n) is 4.39. The summed E-state index contributed by atoms with van der Waals surface area (Å²) in [7, 11) is 1.59. The summed E-state index contributed by atoms with van der Waals surface area (Å²) < 4.78 is 5.26. The Morgan fingerprint density at radius 2 is 1.96 bits per heavy atom. The molecule has 0 aliphatic carbocycles. The van der Waals surface area contributed by atoms with Gasteiger partial charge in [-0.1, -0.05) is 18.2 Å². The summed E-state index contributed by atoms with van der Waals surface area (Å²) in [4.78, 5) is 37.9. The highest BCUT2D eigenvalue weighted by Crippen LogP contribution is 2.30. The summed E-state index contributed by atoms with van der Waals surface area (Å²) in [6.45, 7) is 0.553. The summed E-state index contributed by atoms with van der Waals surface area (Å²) in [5, 5.41) is 10.9. The molecular weight excluding hydrogens is 350 g/mol. The number of hydrogen-bond acceptors (Lipinski definition) is 5. The number of carbonyl (C=O) groups is 2. The number of fused-ring (bicyclic) bond motifs is 1. The van der Waals surface area contributed by atoms with Crippen molar-refractivity contribution in [1.82, 2.24) is 4.90 Å². The van der Waals surface area contributed by atoms with Crippen LogP contribution in [-0.4, -0.2) is 42.0 Å². The Bertz CT molecular complexity index is 869. The number of para-hydroxylation sites is 1. The number of hydrogen-bond donors (Lipinski definition) is 0. The standard InChI is InChI=1S/C19H19N3O5/c1-20(19(24)27-16-5-3-2-4-6-16)11-12-21-17-9-8-15(22(25)26)13-14(17)7-10-18(21)23/h2-6,8-9,13H,7,10-12H2,1H3. The number of likely N-dealkylation sites (N-methyl/N-ethyl adjacent to an activating group) is 1. The van der Waals surface area contributed by atoms with Crippen molar-refractivity contribution < 1.29 is 19.2 Å². The number of nitrogens with zero attached hydrogens (tertiary/aromatic N) is 3. The highest BCUT2D eigenvalue weighted by molar-refractivity contribution is 5.96. The number of nitro benzene ring substituents is 1. The van der Waals surface area contributed by atoms with Crippen LogP contribution in [0.1, 0.15) is 12.0 Å². The maximum Gasteiger partial charge on any atom is 0.415 e. The number of amides is 2. The van der Waals surface area contributed by atoms with Gasteiger partial charge in [-0.25, -0.2) is 4.79 Å². The van der Waals surface area contributed by atoms with Crippen LogP contribution in [0.5, 0.6) is 5.75 Å². The van der Waals surface area contributed by atoms with Crippen LogP contribution in [-0.2, 0) is 11.2 Å². The van der Waals surface area contributed by atoms with Crippen LogP contribution in [0.15, 0.2) is 48.5 Å². The number of non-ortho nitro benzene ring substituents is 1. The number of rotatable bonds is 5. The highest BCUT2D eigenvalue weighted by atomic mass is 16.6. The molecule has 0 saturated heterocycles. The molecule has 1 aliphatic heterocycles. The molecule has 2 aromatic rings. The number of benzene rings is 2. The Morgan fingerprint density at radius 3 is 2.67 bits per heavy atom. The average molecular weight is 369 g/mol. The van der Waals surface area contributed by atoms with Gasteiger partial charge in [-0.05, 0) is 30.2 Å². The van der Waals surface area contributed by atoms with Gasteiger partial charge in [0.25, 0.3) is 5.69 Å². The van der Waals surface area contributed by atoms with Crippen molar-refractivity contribution in [2.45, 2.75) is 12.8 Å². The second kappa shape index (κ2) is 7.86. The summed E-state index contributed by atoms with van der Waals surface area (Å²) >= 11 is 0. The van der Waals surface area contributed by atoms with E-state index in [1.807, 2.05) is 6.07 Å². The lowest BCUT2D eigenvalue weighted by Crippen LogP contribution is -2.42. The molecule has 2 amide bonds. The molecule has 8 nitrogen and oxygen atoms in total. The topological polar surface area (TPSA) is 93.0 Å². The SMILES string of the molecule is CN(CCN1C(=O)CCc2cc([N+](=O)[O-])ccc21)C(=O)Oc1ccccc1. The van der Waals surface area contributed by atoms with E-state index < -0.39 is 11.0 Å². The fraction of sp³-hybridized carbons (Fsp3) is 0.263. The quantitative estimate of drug-likeness (QED) is 0.597. The minimum absolute atomic E-state index is 0.00612. The Morgan fingerprint density at radius 1 is 1.22 bits per heavy atom. The Labute approximate surface area is 156 Å². The summed E-state index contributed by atoms with van der Waals surface area (Å²) in [5.74, 6) is 0.377. The van der Waals surface area contributed by atoms with Crippen molar-refractivity contribution in [3.05, 3.63) is 64.2 Å². The van der Waals surface area contributed by atoms with Crippen LogP contribution < -0.4 is 9.64 Å². The maximum absolute atomic E-state index is 12.3. The fourth-order valence-corrected chi connectivity index (χ4v) is 2.91. The monoisotopic (exact) mass is 369 g/mol. The zero-order valence-electron chi connectivity index (χ0n) is 14.8. The Kier molecular flexibility index (Phi) is 5.35. The Balaban J connectivity index is 1.66. The molecule has 0 bridgehead atoms. The largest absolute Gasteiger partial charge is 0.415 e.